The highest BCUT2D eigenvalue weighted by atomic mass is 127. The van der Waals surface area contributed by atoms with Crippen molar-refractivity contribution in [1.29, 1.82) is 0 Å². The first-order valence-electron chi connectivity index (χ1n) is 5.64. The van der Waals surface area contributed by atoms with Gasteiger partial charge in [-0.05, 0) is 46.7 Å². The summed E-state index contributed by atoms with van der Waals surface area (Å²) in [6.45, 7) is 3.88. The monoisotopic (exact) mass is 358 g/mol. The Kier molecular flexibility index (Phi) is 3.47. The molecule has 0 saturated carbocycles. The molecule has 18 heavy (non-hydrogen) atoms. The van der Waals surface area contributed by atoms with Gasteiger partial charge in [0.15, 0.2) is 0 Å². The standard InChI is InChI=1S/C12H15IN4O/c1-6(2)10(11(14)18)17-9-4-3-7(13)5-8(9)16-12(17)15/h3-6,10H,1-2H3,(H2,14,18)(H2,15,16). The number of carbonyl (C=O) groups excluding carboxylic acids is 1. The Bertz CT molecular complexity index is 605. The van der Waals surface area contributed by atoms with Crippen LogP contribution in [0.4, 0.5) is 5.95 Å². The third kappa shape index (κ3) is 2.16. The van der Waals surface area contributed by atoms with E-state index in [9.17, 15) is 4.79 Å². The lowest BCUT2D eigenvalue weighted by Crippen LogP contribution is -2.31. The number of nitrogens with zero attached hydrogens (tertiary/aromatic N) is 2. The Morgan fingerprint density at radius 2 is 2.11 bits per heavy atom. The lowest BCUT2D eigenvalue weighted by Gasteiger charge is -2.20. The lowest BCUT2D eigenvalue weighted by atomic mass is 10.0. The Morgan fingerprint density at radius 1 is 1.44 bits per heavy atom. The molecule has 1 amide bonds. The van der Waals surface area contributed by atoms with Crippen LogP contribution in [-0.4, -0.2) is 15.5 Å². The first kappa shape index (κ1) is 13.1. The number of amides is 1. The van der Waals surface area contributed by atoms with Crippen molar-refractivity contribution in [2.24, 2.45) is 11.7 Å². The molecular formula is C12H15IN4O. The predicted molar refractivity (Wildman–Crippen MR) is 79.9 cm³/mol. The van der Waals surface area contributed by atoms with Crippen molar-refractivity contribution in [2.45, 2.75) is 19.9 Å². The molecule has 0 saturated heterocycles. The number of nitrogens with two attached hydrogens (primary N) is 2. The molecule has 96 valence electrons. The molecule has 0 bridgehead atoms. The second-order valence-corrected chi connectivity index (χ2v) is 5.81. The van der Waals surface area contributed by atoms with Crippen LogP contribution in [0.3, 0.4) is 0 Å². The van der Waals surface area contributed by atoms with Gasteiger partial charge in [0, 0.05) is 3.57 Å². The minimum absolute atomic E-state index is 0.0569. The number of nitrogen functional groups attached to an aromatic ring is 1. The van der Waals surface area contributed by atoms with E-state index in [1.807, 2.05) is 32.0 Å². The van der Waals surface area contributed by atoms with Crippen LogP contribution >= 0.6 is 22.6 Å². The molecule has 4 N–H and O–H groups in total. The number of rotatable bonds is 3. The maximum absolute atomic E-state index is 11.6. The van der Waals surface area contributed by atoms with Gasteiger partial charge in [0.1, 0.15) is 6.04 Å². The fourth-order valence-electron chi connectivity index (χ4n) is 2.14. The highest BCUT2D eigenvalue weighted by molar-refractivity contribution is 14.1. The molecule has 6 heteroatoms. The Balaban J connectivity index is 2.69. The van der Waals surface area contributed by atoms with Crippen LogP contribution < -0.4 is 11.5 Å². The Hall–Kier alpha value is -1.31. The highest BCUT2D eigenvalue weighted by Gasteiger charge is 2.25. The van der Waals surface area contributed by atoms with Crippen LogP contribution in [0.2, 0.25) is 0 Å². The van der Waals surface area contributed by atoms with E-state index in [-0.39, 0.29) is 5.92 Å². The Labute approximate surface area is 119 Å². The molecule has 0 spiro atoms. The molecule has 0 aliphatic rings. The summed E-state index contributed by atoms with van der Waals surface area (Å²) < 4.78 is 2.79. The maximum Gasteiger partial charge on any atom is 0.240 e. The number of benzene rings is 1. The van der Waals surface area contributed by atoms with Crippen molar-refractivity contribution in [3.8, 4) is 0 Å². The third-order valence-corrected chi connectivity index (χ3v) is 3.55. The number of carbonyl (C=O) groups is 1. The number of imidazole rings is 1. The fraction of sp³-hybridized carbons (Fsp3) is 0.333. The molecule has 0 aliphatic heterocycles. The molecule has 1 aromatic heterocycles. The molecule has 1 aromatic carbocycles. The fourth-order valence-corrected chi connectivity index (χ4v) is 2.61. The summed E-state index contributed by atoms with van der Waals surface area (Å²) in [5.74, 6) is -0.0134. The zero-order valence-corrected chi connectivity index (χ0v) is 12.4. The van der Waals surface area contributed by atoms with Gasteiger partial charge in [-0.1, -0.05) is 13.8 Å². The van der Waals surface area contributed by atoms with Crippen LogP contribution in [-0.2, 0) is 4.79 Å². The smallest absolute Gasteiger partial charge is 0.240 e. The number of halogens is 1. The van der Waals surface area contributed by atoms with Crippen LogP contribution in [0.25, 0.3) is 11.0 Å². The minimum Gasteiger partial charge on any atom is -0.369 e. The number of hydrogen-bond donors (Lipinski definition) is 2. The molecular weight excluding hydrogens is 343 g/mol. The molecule has 2 aromatic rings. The minimum atomic E-state index is -0.477. The normalized spacial score (nSPS) is 13.1. The summed E-state index contributed by atoms with van der Waals surface area (Å²) in [4.78, 5) is 15.9. The largest absolute Gasteiger partial charge is 0.369 e. The van der Waals surface area contributed by atoms with Gasteiger partial charge in [-0.25, -0.2) is 4.98 Å². The van der Waals surface area contributed by atoms with E-state index in [0.717, 1.165) is 14.6 Å². The number of primary amides is 1. The molecule has 0 aliphatic carbocycles. The number of fused-ring (bicyclic) bond motifs is 1. The summed E-state index contributed by atoms with van der Waals surface area (Å²) in [5, 5.41) is 0. The molecule has 2 rings (SSSR count). The lowest BCUT2D eigenvalue weighted by molar-refractivity contribution is -0.122. The summed E-state index contributed by atoms with van der Waals surface area (Å²) in [6.07, 6.45) is 0. The second kappa shape index (κ2) is 4.75. The van der Waals surface area contributed by atoms with Crippen LogP contribution in [0.5, 0.6) is 0 Å². The molecule has 1 atom stereocenters. The van der Waals surface area contributed by atoms with E-state index in [1.165, 1.54) is 0 Å². The van der Waals surface area contributed by atoms with Gasteiger partial charge < -0.3 is 11.5 Å². The highest BCUT2D eigenvalue weighted by Crippen LogP contribution is 2.28. The van der Waals surface area contributed by atoms with Crippen LogP contribution in [0.1, 0.15) is 19.9 Å². The quantitative estimate of drug-likeness (QED) is 0.822. The summed E-state index contributed by atoms with van der Waals surface area (Å²) in [5.41, 5.74) is 13.0. The number of hydrogen-bond acceptors (Lipinski definition) is 3. The van der Waals surface area contributed by atoms with Gasteiger partial charge in [-0.15, -0.1) is 0 Å². The SMILES string of the molecule is CC(C)C(C(N)=O)n1c(N)nc2cc(I)ccc21. The van der Waals surface area contributed by atoms with Crippen molar-refractivity contribution in [3.63, 3.8) is 0 Å². The first-order valence-corrected chi connectivity index (χ1v) is 6.72. The van der Waals surface area contributed by atoms with Gasteiger partial charge in [-0.2, -0.15) is 0 Å². The van der Waals surface area contributed by atoms with Gasteiger partial charge in [0.2, 0.25) is 11.9 Å². The maximum atomic E-state index is 11.6. The number of anilines is 1. The van der Waals surface area contributed by atoms with Crippen LogP contribution in [0.15, 0.2) is 18.2 Å². The molecule has 5 nitrogen and oxygen atoms in total. The van der Waals surface area contributed by atoms with Gasteiger partial charge >= 0.3 is 0 Å². The van der Waals surface area contributed by atoms with Gasteiger partial charge in [-0.3, -0.25) is 9.36 Å². The van der Waals surface area contributed by atoms with Gasteiger partial charge in [0.25, 0.3) is 0 Å². The van der Waals surface area contributed by atoms with Crippen molar-refractivity contribution < 1.29 is 4.79 Å². The van der Waals surface area contributed by atoms with E-state index < -0.39 is 11.9 Å². The van der Waals surface area contributed by atoms with Crippen LogP contribution in [0, 0.1) is 9.49 Å². The summed E-state index contributed by atoms with van der Waals surface area (Å²) in [6, 6.07) is 5.33. The van der Waals surface area contributed by atoms with E-state index in [4.69, 9.17) is 11.5 Å². The van der Waals surface area contributed by atoms with Crippen molar-refractivity contribution in [3.05, 3.63) is 21.8 Å². The predicted octanol–water partition coefficient (Wildman–Crippen LogP) is 1.91. The number of aromatic nitrogens is 2. The van der Waals surface area contributed by atoms with Crippen molar-refractivity contribution in [2.75, 3.05) is 5.73 Å². The third-order valence-electron chi connectivity index (χ3n) is 2.88. The Morgan fingerprint density at radius 3 is 2.67 bits per heavy atom. The van der Waals surface area contributed by atoms with Gasteiger partial charge in [0.05, 0.1) is 11.0 Å². The molecule has 1 heterocycles. The summed E-state index contributed by atoms with van der Waals surface area (Å²) >= 11 is 2.21. The zero-order chi connectivity index (χ0) is 13.4. The van der Waals surface area contributed by atoms with Crippen molar-refractivity contribution >= 4 is 45.5 Å². The average Bonchev–Trinajstić information content (AvgIpc) is 2.54. The molecule has 0 fully saturated rings. The van der Waals surface area contributed by atoms with Crippen molar-refractivity contribution in [1.82, 2.24) is 9.55 Å². The average molecular weight is 358 g/mol. The topological polar surface area (TPSA) is 86.9 Å². The van der Waals surface area contributed by atoms with E-state index in [1.54, 1.807) is 4.57 Å². The van der Waals surface area contributed by atoms with E-state index in [0.29, 0.717) is 5.95 Å². The summed E-state index contributed by atoms with van der Waals surface area (Å²) in [7, 11) is 0. The van der Waals surface area contributed by atoms with E-state index >= 15 is 0 Å². The van der Waals surface area contributed by atoms with E-state index in [2.05, 4.69) is 27.6 Å². The first-order chi connectivity index (χ1) is 8.41. The molecule has 1 unspecified atom stereocenters. The zero-order valence-electron chi connectivity index (χ0n) is 10.2. The second-order valence-electron chi connectivity index (χ2n) is 4.56. The molecule has 0 radical (unpaired) electrons.